The molecule has 0 aromatic heterocycles. The van der Waals surface area contributed by atoms with Crippen LogP contribution in [0.15, 0.2) is 54.6 Å². The molecule has 172 valence electrons. The summed E-state index contributed by atoms with van der Waals surface area (Å²) in [5.74, 6) is -0.618. The predicted molar refractivity (Wildman–Crippen MR) is 118 cm³/mol. The Morgan fingerprint density at radius 3 is 2.38 bits per heavy atom. The predicted octanol–water partition coefficient (Wildman–Crippen LogP) is 3.70. The first-order chi connectivity index (χ1) is 15.1. The Bertz CT molecular complexity index is 1060. The largest absolute Gasteiger partial charge is 0.450 e. The molecule has 9 heteroatoms. The maximum atomic E-state index is 14.9. The van der Waals surface area contributed by atoms with Crippen molar-refractivity contribution in [3.63, 3.8) is 0 Å². The van der Waals surface area contributed by atoms with Crippen LogP contribution in [0.1, 0.15) is 31.4 Å². The summed E-state index contributed by atoms with van der Waals surface area (Å²) in [4.78, 5) is 12.4. The zero-order chi connectivity index (χ0) is 23.8. The Morgan fingerprint density at radius 2 is 1.81 bits per heavy atom. The van der Waals surface area contributed by atoms with E-state index in [9.17, 15) is 22.9 Å². The number of alkyl carbamates (subject to hydrolysis) is 1. The van der Waals surface area contributed by atoms with Gasteiger partial charge in [0.15, 0.2) is 9.84 Å². The number of nitrogens with zero attached hydrogens (tertiary/aromatic N) is 1. The van der Waals surface area contributed by atoms with Gasteiger partial charge in [-0.05, 0) is 25.5 Å². The molecule has 3 unspecified atom stereocenters. The van der Waals surface area contributed by atoms with E-state index in [1.807, 2.05) is 30.3 Å². The van der Waals surface area contributed by atoms with E-state index >= 15 is 0 Å². The highest BCUT2D eigenvalue weighted by atomic mass is 32.2. The lowest BCUT2D eigenvalue weighted by Crippen LogP contribution is -2.54. The Kier molecular flexibility index (Phi) is 8.75. The zero-order valence-electron chi connectivity index (χ0n) is 18.2. The van der Waals surface area contributed by atoms with E-state index in [4.69, 9.17) is 9.47 Å². The van der Waals surface area contributed by atoms with Gasteiger partial charge in [0.2, 0.25) is 0 Å². The van der Waals surface area contributed by atoms with Crippen LogP contribution in [0.5, 0.6) is 0 Å². The topological polar surface area (TPSA) is 105 Å². The van der Waals surface area contributed by atoms with E-state index in [-0.39, 0.29) is 25.2 Å². The third kappa shape index (κ3) is 6.52. The van der Waals surface area contributed by atoms with E-state index in [1.54, 1.807) is 19.1 Å². The van der Waals surface area contributed by atoms with Crippen LogP contribution in [0.25, 0.3) is 0 Å². The van der Waals surface area contributed by atoms with E-state index in [2.05, 4.69) is 5.32 Å². The molecule has 2 aromatic carbocycles. The molecule has 0 aliphatic carbocycles. The maximum Gasteiger partial charge on any atom is 0.407 e. The SMILES string of the molecule is CCOC(=O)NC(C)(c1ccccc1F)C(CC(C#N)S(C)(=O)=O)OCc1ccccc1. The van der Waals surface area contributed by atoms with E-state index in [0.717, 1.165) is 11.8 Å². The Morgan fingerprint density at radius 1 is 1.19 bits per heavy atom. The van der Waals surface area contributed by atoms with Crippen LogP contribution in [0.3, 0.4) is 0 Å². The van der Waals surface area contributed by atoms with Crippen molar-refractivity contribution in [3.8, 4) is 6.07 Å². The number of rotatable bonds is 10. The van der Waals surface area contributed by atoms with Crippen LogP contribution in [-0.2, 0) is 31.5 Å². The molecular formula is C23H27FN2O5S. The van der Waals surface area contributed by atoms with Gasteiger partial charge in [-0.15, -0.1) is 0 Å². The van der Waals surface area contributed by atoms with Crippen molar-refractivity contribution >= 4 is 15.9 Å². The van der Waals surface area contributed by atoms with Gasteiger partial charge in [0.25, 0.3) is 0 Å². The van der Waals surface area contributed by atoms with Crippen LogP contribution in [0.2, 0.25) is 0 Å². The Balaban J connectivity index is 2.54. The van der Waals surface area contributed by atoms with Crippen LogP contribution in [-0.4, -0.2) is 38.7 Å². The number of hydrogen-bond donors (Lipinski definition) is 1. The number of amides is 1. The summed E-state index contributed by atoms with van der Waals surface area (Å²) in [7, 11) is -3.76. The average molecular weight is 463 g/mol. The van der Waals surface area contributed by atoms with Crippen molar-refractivity contribution in [1.82, 2.24) is 5.32 Å². The van der Waals surface area contributed by atoms with Crippen molar-refractivity contribution in [1.29, 1.82) is 5.26 Å². The molecule has 0 saturated heterocycles. The molecular weight excluding hydrogens is 435 g/mol. The molecule has 0 aliphatic rings. The van der Waals surface area contributed by atoms with Gasteiger partial charge in [-0.25, -0.2) is 17.6 Å². The van der Waals surface area contributed by atoms with Crippen molar-refractivity contribution in [2.75, 3.05) is 12.9 Å². The summed E-state index contributed by atoms with van der Waals surface area (Å²) >= 11 is 0. The molecule has 0 heterocycles. The number of hydrogen-bond acceptors (Lipinski definition) is 6. The number of nitriles is 1. The van der Waals surface area contributed by atoms with Crippen LogP contribution < -0.4 is 5.32 Å². The van der Waals surface area contributed by atoms with Crippen molar-refractivity contribution in [3.05, 3.63) is 71.5 Å². The molecule has 0 spiro atoms. The van der Waals surface area contributed by atoms with Gasteiger partial charge >= 0.3 is 6.09 Å². The van der Waals surface area contributed by atoms with Gasteiger partial charge in [-0.1, -0.05) is 48.5 Å². The summed E-state index contributed by atoms with van der Waals surface area (Å²) < 4.78 is 50.2. The van der Waals surface area contributed by atoms with Crippen LogP contribution >= 0.6 is 0 Å². The Hall–Kier alpha value is -2.96. The fraction of sp³-hybridized carbons (Fsp3) is 0.391. The first-order valence-electron chi connectivity index (χ1n) is 10.1. The number of nitrogens with one attached hydrogen (secondary N) is 1. The van der Waals surface area contributed by atoms with Crippen molar-refractivity contribution in [2.24, 2.45) is 0 Å². The molecule has 0 bridgehead atoms. The summed E-state index contributed by atoms with van der Waals surface area (Å²) in [5, 5.41) is 10.7. The molecule has 7 nitrogen and oxygen atoms in total. The summed E-state index contributed by atoms with van der Waals surface area (Å²) in [5.41, 5.74) is -0.666. The van der Waals surface area contributed by atoms with Crippen LogP contribution in [0, 0.1) is 17.1 Å². The van der Waals surface area contributed by atoms with E-state index in [1.165, 1.54) is 25.1 Å². The third-order valence-corrected chi connectivity index (χ3v) is 6.43. The van der Waals surface area contributed by atoms with E-state index < -0.39 is 38.6 Å². The molecule has 32 heavy (non-hydrogen) atoms. The summed E-state index contributed by atoms with van der Waals surface area (Å²) in [6, 6.07) is 16.7. The number of sulfone groups is 1. The molecule has 2 rings (SSSR count). The summed E-state index contributed by atoms with van der Waals surface area (Å²) in [6.45, 7) is 3.29. The first-order valence-corrected chi connectivity index (χ1v) is 12.0. The number of halogens is 1. The number of benzene rings is 2. The van der Waals surface area contributed by atoms with Crippen LogP contribution in [0.4, 0.5) is 9.18 Å². The molecule has 0 fully saturated rings. The minimum atomic E-state index is -3.76. The van der Waals surface area contributed by atoms with Gasteiger partial charge < -0.3 is 14.8 Å². The lowest BCUT2D eigenvalue weighted by Gasteiger charge is -2.39. The highest BCUT2D eigenvalue weighted by molar-refractivity contribution is 7.91. The third-order valence-electron chi connectivity index (χ3n) is 5.10. The number of ether oxygens (including phenoxy) is 2. The molecule has 0 saturated carbocycles. The molecule has 1 N–H and O–H groups in total. The monoisotopic (exact) mass is 462 g/mol. The lowest BCUT2D eigenvalue weighted by molar-refractivity contribution is -0.0266. The smallest absolute Gasteiger partial charge is 0.407 e. The average Bonchev–Trinajstić information content (AvgIpc) is 2.74. The normalized spacial score (nSPS) is 15.1. The standard InChI is InChI=1S/C23H27FN2O5S/c1-4-30-22(27)26-23(2,19-12-8-9-13-20(19)24)21(14-18(15-25)32(3,28)29)31-16-17-10-6-5-7-11-17/h5-13,18,21H,4,14,16H2,1-3H3,(H,26,27). The van der Waals surface area contributed by atoms with Crippen molar-refractivity contribution < 1.29 is 27.1 Å². The van der Waals surface area contributed by atoms with Gasteiger partial charge in [0.1, 0.15) is 11.1 Å². The highest BCUT2D eigenvalue weighted by Gasteiger charge is 2.43. The van der Waals surface area contributed by atoms with Gasteiger partial charge in [-0.3, -0.25) is 0 Å². The number of carbonyl (C=O) groups is 1. The number of carbonyl (C=O) groups excluding carboxylic acids is 1. The van der Waals surface area contributed by atoms with E-state index in [0.29, 0.717) is 0 Å². The Labute approximate surface area is 188 Å². The second-order valence-electron chi connectivity index (χ2n) is 7.50. The van der Waals surface area contributed by atoms with Gasteiger partial charge in [-0.2, -0.15) is 5.26 Å². The highest BCUT2D eigenvalue weighted by Crippen LogP contribution is 2.33. The molecule has 2 aromatic rings. The van der Waals surface area contributed by atoms with Gasteiger partial charge in [0.05, 0.1) is 30.9 Å². The molecule has 3 atom stereocenters. The summed E-state index contributed by atoms with van der Waals surface area (Å²) in [6.07, 6.45) is -1.24. The molecule has 0 radical (unpaired) electrons. The minimum Gasteiger partial charge on any atom is -0.450 e. The maximum absolute atomic E-state index is 14.9. The minimum absolute atomic E-state index is 0.0575. The first kappa shape index (κ1) is 25.3. The zero-order valence-corrected chi connectivity index (χ0v) is 19.1. The fourth-order valence-corrected chi connectivity index (χ4v) is 4.06. The lowest BCUT2D eigenvalue weighted by atomic mass is 9.83. The quantitative estimate of drug-likeness (QED) is 0.577. The second-order valence-corrected chi connectivity index (χ2v) is 9.72. The second kappa shape index (κ2) is 11.1. The molecule has 0 aliphatic heterocycles. The fourth-order valence-electron chi connectivity index (χ4n) is 3.34. The molecule has 1 amide bonds. The van der Waals surface area contributed by atoms with Gasteiger partial charge in [0, 0.05) is 18.2 Å². The van der Waals surface area contributed by atoms with Crippen molar-refractivity contribution in [2.45, 2.75) is 43.8 Å².